The number of carbonyl (C=O) groups excluding carboxylic acids is 2. The van der Waals surface area contributed by atoms with Crippen LogP contribution in [-0.2, 0) is 22.4 Å². The van der Waals surface area contributed by atoms with E-state index < -0.39 is 0 Å². The Hall–Kier alpha value is -1.40. The lowest BCUT2D eigenvalue weighted by Crippen LogP contribution is -3.14. The van der Waals surface area contributed by atoms with Crippen molar-refractivity contribution < 1.29 is 19.2 Å². The van der Waals surface area contributed by atoms with Gasteiger partial charge >= 0.3 is 5.97 Å². The van der Waals surface area contributed by atoms with E-state index in [4.69, 9.17) is 4.74 Å². The molecule has 0 saturated carbocycles. The van der Waals surface area contributed by atoms with Crippen LogP contribution in [0.3, 0.4) is 0 Å². The molecule has 2 heterocycles. The van der Waals surface area contributed by atoms with Crippen LogP contribution < -0.4 is 10.2 Å². The van der Waals surface area contributed by atoms with Crippen LogP contribution in [0.25, 0.3) is 0 Å². The standard InChI is InChI=1S/C17H24N2O3S/c1-11-6-8-19(9-7-11)10-14(20)18-16-15(17(21)22-2)12-4-3-5-13(12)23-16/h11H,3-10H2,1-2H3,(H,18,20)/p+1. The predicted octanol–water partition coefficient (Wildman–Crippen LogP) is 1.28. The lowest BCUT2D eigenvalue weighted by molar-refractivity contribution is -0.897. The molecule has 0 aromatic carbocycles. The molecule has 126 valence electrons. The van der Waals surface area contributed by atoms with Gasteiger partial charge in [-0.2, -0.15) is 0 Å². The van der Waals surface area contributed by atoms with Gasteiger partial charge in [-0.15, -0.1) is 11.3 Å². The average Bonchev–Trinajstić information content (AvgIpc) is 3.09. The number of anilines is 1. The van der Waals surface area contributed by atoms with Gasteiger partial charge in [0, 0.05) is 4.88 Å². The van der Waals surface area contributed by atoms with Crippen molar-refractivity contribution >= 4 is 28.2 Å². The molecule has 0 atom stereocenters. The van der Waals surface area contributed by atoms with Gasteiger partial charge in [0.2, 0.25) is 0 Å². The first-order valence-corrected chi connectivity index (χ1v) is 9.26. The number of methoxy groups -OCH3 is 1. The van der Waals surface area contributed by atoms with Crippen molar-refractivity contribution in [2.45, 2.75) is 39.0 Å². The molecule has 0 bridgehead atoms. The summed E-state index contributed by atoms with van der Waals surface area (Å²) in [7, 11) is 1.39. The van der Waals surface area contributed by atoms with E-state index in [1.807, 2.05) is 0 Å². The molecule has 6 heteroatoms. The molecule has 1 aliphatic carbocycles. The number of aryl methyl sites for hydroxylation is 1. The molecule has 1 fully saturated rings. The normalized spacial score (nSPS) is 23.4. The fourth-order valence-corrected chi connectivity index (χ4v) is 4.85. The number of fused-ring (bicyclic) bond motifs is 1. The first kappa shape index (κ1) is 16.5. The SMILES string of the molecule is COC(=O)c1c(NC(=O)C[NH+]2CCC(C)CC2)sc2c1CCC2. The number of hydrogen-bond donors (Lipinski definition) is 2. The van der Waals surface area contributed by atoms with Crippen molar-refractivity contribution in [2.75, 3.05) is 32.1 Å². The summed E-state index contributed by atoms with van der Waals surface area (Å²) < 4.78 is 4.92. The van der Waals surface area contributed by atoms with Crippen LogP contribution in [0.2, 0.25) is 0 Å². The second-order valence-corrected chi connectivity index (χ2v) is 7.82. The average molecular weight is 337 g/mol. The number of quaternary nitrogens is 1. The number of thiophene rings is 1. The van der Waals surface area contributed by atoms with Gasteiger partial charge in [-0.25, -0.2) is 4.79 Å². The zero-order valence-corrected chi connectivity index (χ0v) is 14.7. The summed E-state index contributed by atoms with van der Waals surface area (Å²) in [5.41, 5.74) is 1.66. The highest BCUT2D eigenvalue weighted by Crippen LogP contribution is 2.39. The molecule has 23 heavy (non-hydrogen) atoms. The highest BCUT2D eigenvalue weighted by Gasteiger charge is 2.29. The summed E-state index contributed by atoms with van der Waals surface area (Å²) in [6.07, 6.45) is 5.35. The van der Waals surface area contributed by atoms with E-state index in [1.165, 1.54) is 29.7 Å². The Labute approximate surface area is 141 Å². The molecule has 3 rings (SSSR count). The Morgan fingerprint density at radius 3 is 2.74 bits per heavy atom. The summed E-state index contributed by atoms with van der Waals surface area (Å²) in [4.78, 5) is 27.0. The molecular formula is C17H25N2O3S+. The van der Waals surface area contributed by atoms with Crippen LogP contribution in [-0.4, -0.2) is 38.6 Å². The second-order valence-electron chi connectivity index (χ2n) is 6.71. The van der Waals surface area contributed by atoms with Crippen LogP contribution in [0.1, 0.15) is 47.0 Å². The van der Waals surface area contributed by atoms with Gasteiger partial charge in [0.25, 0.3) is 5.91 Å². The molecule has 1 aromatic rings. The van der Waals surface area contributed by atoms with Gasteiger partial charge in [0.1, 0.15) is 5.00 Å². The Morgan fingerprint density at radius 1 is 1.30 bits per heavy atom. The number of piperidine rings is 1. The number of carbonyl (C=O) groups is 2. The van der Waals surface area contributed by atoms with Crippen molar-refractivity contribution in [1.82, 2.24) is 0 Å². The third-order valence-corrected chi connectivity index (χ3v) is 6.16. The van der Waals surface area contributed by atoms with Crippen LogP contribution in [0, 0.1) is 5.92 Å². The van der Waals surface area contributed by atoms with Crippen molar-refractivity contribution in [1.29, 1.82) is 0 Å². The van der Waals surface area contributed by atoms with E-state index >= 15 is 0 Å². The van der Waals surface area contributed by atoms with Crippen LogP contribution in [0.15, 0.2) is 0 Å². The topological polar surface area (TPSA) is 59.8 Å². The summed E-state index contributed by atoms with van der Waals surface area (Å²) in [6, 6.07) is 0. The highest BCUT2D eigenvalue weighted by atomic mass is 32.1. The van der Waals surface area contributed by atoms with Gasteiger partial charge in [-0.3, -0.25) is 4.79 Å². The predicted molar refractivity (Wildman–Crippen MR) is 90.3 cm³/mol. The summed E-state index contributed by atoms with van der Waals surface area (Å²) >= 11 is 1.54. The third-order valence-electron chi connectivity index (χ3n) is 4.96. The molecule has 0 radical (unpaired) electrons. The Bertz CT molecular complexity index is 603. The quantitative estimate of drug-likeness (QED) is 0.814. The number of nitrogens with one attached hydrogen (secondary N) is 2. The van der Waals surface area contributed by atoms with Crippen molar-refractivity contribution in [2.24, 2.45) is 5.92 Å². The van der Waals surface area contributed by atoms with Crippen LogP contribution >= 0.6 is 11.3 Å². The number of hydrogen-bond acceptors (Lipinski definition) is 4. The zero-order chi connectivity index (χ0) is 16.4. The lowest BCUT2D eigenvalue weighted by Gasteiger charge is -2.26. The van der Waals surface area contributed by atoms with E-state index in [1.54, 1.807) is 11.3 Å². The number of rotatable bonds is 4. The van der Waals surface area contributed by atoms with Gasteiger partial charge < -0.3 is 15.0 Å². The molecule has 1 amide bonds. The van der Waals surface area contributed by atoms with Gasteiger partial charge in [-0.05, 0) is 43.6 Å². The smallest absolute Gasteiger partial charge is 0.341 e. The van der Waals surface area contributed by atoms with Crippen molar-refractivity contribution in [3.8, 4) is 0 Å². The minimum Gasteiger partial charge on any atom is -0.465 e. The number of esters is 1. The minimum absolute atomic E-state index is 0.000343. The number of amides is 1. The van der Waals surface area contributed by atoms with E-state index in [-0.39, 0.29) is 11.9 Å². The highest BCUT2D eigenvalue weighted by molar-refractivity contribution is 7.17. The lowest BCUT2D eigenvalue weighted by atomic mass is 9.99. The molecule has 1 aliphatic heterocycles. The van der Waals surface area contributed by atoms with E-state index in [0.717, 1.165) is 43.8 Å². The van der Waals surface area contributed by atoms with Crippen LogP contribution in [0.5, 0.6) is 0 Å². The molecule has 5 nitrogen and oxygen atoms in total. The summed E-state index contributed by atoms with van der Waals surface area (Å²) in [5.74, 6) is 0.437. The van der Waals surface area contributed by atoms with E-state index in [2.05, 4.69) is 12.2 Å². The monoisotopic (exact) mass is 337 g/mol. The Balaban J connectivity index is 1.68. The van der Waals surface area contributed by atoms with Gasteiger partial charge in [0.15, 0.2) is 6.54 Å². The number of likely N-dealkylation sites (tertiary alicyclic amines) is 1. The minimum atomic E-state index is -0.334. The maximum atomic E-state index is 12.4. The largest absolute Gasteiger partial charge is 0.465 e. The van der Waals surface area contributed by atoms with E-state index in [9.17, 15) is 9.59 Å². The maximum Gasteiger partial charge on any atom is 0.341 e. The van der Waals surface area contributed by atoms with Gasteiger partial charge in [-0.1, -0.05) is 6.92 Å². The summed E-state index contributed by atoms with van der Waals surface area (Å²) in [6.45, 7) is 4.86. The van der Waals surface area contributed by atoms with Crippen molar-refractivity contribution in [3.63, 3.8) is 0 Å². The Kier molecular flexibility index (Phi) is 5.02. The fourth-order valence-electron chi connectivity index (χ4n) is 3.56. The van der Waals surface area contributed by atoms with Crippen molar-refractivity contribution in [3.05, 3.63) is 16.0 Å². The Morgan fingerprint density at radius 2 is 2.04 bits per heavy atom. The fraction of sp³-hybridized carbons (Fsp3) is 0.647. The molecule has 2 N–H and O–H groups in total. The third kappa shape index (κ3) is 3.58. The van der Waals surface area contributed by atoms with Gasteiger partial charge in [0.05, 0.1) is 25.8 Å². The number of ether oxygens (including phenoxy) is 1. The first-order valence-electron chi connectivity index (χ1n) is 8.44. The molecule has 0 spiro atoms. The second kappa shape index (κ2) is 7.01. The molecule has 1 saturated heterocycles. The first-order chi connectivity index (χ1) is 11.1. The molecular weight excluding hydrogens is 312 g/mol. The van der Waals surface area contributed by atoms with Crippen LogP contribution in [0.4, 0.5) is 5.00 Å². The maximum absolute atomic E-state index is 12.4. The molecule has 1 aromatic heterocycles. The van der Waals surface area contributed by atoms with E-state index in [0.29, 0.717) is 17.1 Å². The molecule has 0 unspecified atom stereocenters. The summed E-state index contributed by atoms with van der Waals surface area (Å²) in [5, 5.41) is 3.65. The zero-order valence-electron chi connectivity index (χ0n) is 13.9. The molecule has 2 aliphatic rings.